The third-order valence-electron chi connectivity index (χ3n) is 7.88. The van der Waals surface area contributed by atoms with Crippen LogP contribution in [0.25, 0.3) is 22.3 Å². The summed E-state index contributed by atoms with van der Waals surface area (Å²) in [7, 11) is 6.33. The van der Waals surface area contributed by atoms with Crippen molar-refractivity contribution in [1.29, 1.82) is 0 Å². The number of carbonyl (C=O) groups is 1. The Kier molecular flexibility index (Phi) is 8.36. The van der Waals surface area contributed by atoms with Crippen LogP contribution >= 0.6 is 0 Å². The zero-order chi connectivity index (χ0) is 30.8. The predicted octanol–water partition coefficient (Wildman–Crippen LogP) is 3.90. The number of phenols is 3. The third kappa shape index (κ3) is 5.39. The molecule has 2 heterocycles. The van der Waals surface area contributed by atoms with Crippen LogP contribution in [0.3, 0.4) is 0 Å². The highest BCUT2D eigenvalue weighted by molar-refractivity contribution is 5.94. The van der Waals surface area contributed by atoms with E-state index in [0.717, 1.165) is 0 Å². The Hall–Kier alpha value is -4.90. The second-order valence-corrected chi connectivity index (χ2v) is 10.4. The summed E-state index contributed by atoms with van der Waals surface area (Å²) >= 11 is 0. The van der Waals surface area contributed by atoms with Gasteiger partial charge in [-0.3, -0.25) is 9.59 Å². The summed E-state index contributed by atoms with van der Waals surface area (Å²) in [5.74, 6) is -2.70. The molecule has 1 atom stereocenters. The van der Waals surface area contributed by atoms with Crippen molar-refractivity contribution < 1.29 is 38.7 Å². The van der Waals surface area contributed by atoms with Crippen molar-refractivity contribution in [2.75, 3.05) is 54.6 Å². The van der Waals surface area contributed by atoms with Crippen molar-refractivity contribution in [3.63, 3.8) is 0 Å². The van der Waals surface area contributed by atoms with Gasteiger partial charge in [-0.25, -0.2) is 0 Å². The fraction of sp³-hybridized carbons (Fsp3) is 0.312. The molecular formula is C32H34N2O9. The van der Waals surface area contributed by atoms with E-state index in [2.05, 4.69) is 4.90 Å². The van der Waals surface area contributed by atoms with Gasteiger partial charge in [0, 0.05) is 61.3 Å². The van der Waals surface area contributed by atoms with Gasteiger partial charge < -0.3 is 43.7 Å². The van der Waals surface area contributed by atoms with Crippen molar-refractivity contribution in [1.82, 2.24) is 9.80 Å². The number of aromatic hydroxyl groups is 3. The molecule has 0 radical (unpaired) electrons. The number of hydrogen-bond donors (Lipinski definition) is 3. The Bertz CT molecular complexity index is 1710. The molecule has 0 aliphatic carbocycles. The molecule has 1 aliphatic heterocycles. The van der Waals surface area contributed by atoms with Crippen LogP contribution in [0.5, 0.6) is 34.5 Å². The molecule has 1 aromatic heterocycles. The van der Waals surface area contributed by atoms with E-state index < -0.39 is 28.6 Å². The standard InChI is InChI=1S/C32H34N2O9/c1-33-12-14-34(15-13-33)24(36)16-20(19-10-11-22(40-2)31(42-4)30(19)41-3)25-27(37)29(39)28(38)26-21(35)17-23(43-32(25)26)18-8-6-5-7-9-18/h5-11,17,20,37-39H,12-16H2,1-4H3/t20-/m1/s1. The number of fused-ring (bicyclic) bond motifs is 1. The van der Waals surface area contributed by atoms with Crippen LogP contribution in [0.4, 0.5) is 0 Å². The lowest BCUT2D eigenvalue weighted by Gasteiger charge is -2.33. The first-order valence-corrected chi connectivity index (χ1v) is 13.7. The summed E-state index contributed by atoms with van der Waals surface area (Å²) in [6.45, 7) is 2.40. The van der Waals surface area contributed by atoms with Gasteiger partial charge in [-0.1, -0.05) is 36.4 Å². The van der Waals surface area contributed by atoms with Crippen molar-refractivity contribution in [3.05, 3.63) is 69.9 Å². The third-order valence-corrected chi connectivity index (χ3v) is 7.88. The molecule has 226 valence electrons. The Morgan fingerprint density at radius 2 is 1.56 bits per heavy atom. The van der Waals surface area contributed by atoms with Gasteiger partial charge in [-0.15, -0.1) is 0 Å². The van der Waals surface area contributed by atoms with Crippen LogP contribution in [-0.4, -0.2) is 85.6 Å². The molecular weight excluding hydrogens is 556 g/mol. The minimum absolute atomic E-state index is 0.0619. The highest BCUT2D eigenvalue weighted by Crippen LogP contribution is 2.52. The molecule has 1 saturated heterocycles. The number of carbonyl (C=O) groups excluding carboxylic acids is 1. The van der Waals surface area contributed by atoms with Gasteiger partial charge in [0.15, 0.2) is 28.4 Å². The van der Waals surface area contributed by atoms with E-state index in [1.807, 2.05) is 13.1 Å². The summed E-state index contributed by atoms with van der Waals surface area (Å²) in [6.07, 6.45) is -0.193. The molecule has 0 saturated carbocycles. The van der Waals surface area contributed by atoms with E-state index in [-0.39, 0.29) is 46.1 Å². The number of rotatable bonds is 8. The largest absolute Gasteiger partial charge is 0.504 e. The van der Waals surface area contributed by atoms with Crippen LogP contribution in [0.2, 0.25) is 0 Å². The summed E-state index contributed by atoms with van der Waals surface area (Å²) in [5, 5.41) is 32.7. The molecule has 1 fully saturated rings. The molecule has 11 heteroatoms. The summed E-state index contributed by atoms with van der Waals surface area (Å²) in [6, 6.07) is 13.4. The van der Waals surface area contributed by atoms with Crippen LogP contribution in [0.1, 0.15) is 23.5 Å². The number of benzene rings is 3. The summed E-state index contributed by atoms with van der Waals surface area (Å²) in [4.78, 5) is 31.1. The lowest BCUT2D eigenvalue weighted by atomic mass is 9.84. The summed E-state index contributed by atoms with van der Waals surface area (Å²) < 4.78 is 23.0. The molecule has 1 aliphatic rings. The quantitative estimate of drug-likeness (QED) is 0.259. The van der Waals surface area contributed by atoms with Gasteiger partial charge in [0.05, 0.1) is 21.3 Å². The van der Waals surface area contributed by atoms with Crippen molar-refractivity contribution in [3.8, 4) is 45.8 Å². The van der Waals surface area contributed by atoms with Crippen LogP contribution < -0.4 is 19.6 Å². The van der Waals surface area contributed by atoms with Gasteiger partial charge in [0.1, 0.15) is 16.7 Å². The molecule has 0 spiro atoms. The zero-order valence-corrected chi connectivity index (χ0v) is 24.4. The van der Waals surface area contributed by atoms with Crippen LogP contribution in [0, 0.1) is 0 Å². The first-order chi connectivity index (χ1) is 20.7. The SMILES string of the molecule is COc1ccc([C@@H](CC(=O)N2CCN(C)CC2)c2c(O)c(O)c(O)c3c(=O)cc(-c4ccccc4)oc23)c(OC)c1OC. The molecule has 43 heavy (non-hydrogen) atoms. The smallest absolute Gasteiger partial charge is 0.223 e. The number of hydrogen-bond acceptors (Lipinski definition) is 10. The second kappa shape index (κ2) is 12.1. The van der Waals surface area contributed by atoms with E-state index in [9.17, 15) is 24.9 Å². The van der Waals surface area contributed by atoms with Gasteiger partial charge in [-0.05, 0) is 13.1 Å². The molecule has 3 N–H and O–H groups in total. The van der Waals surface area contributed by atoms with Crippen molar-refractivity contribution in [2.24, 2.45) is 0 Å². The molecule has 3 aromatic carbocycles. The number of amides is 1. The second-order valence-electron chi connectivity index (χ2n) is 10.4. The lowest BCUT2D eigenvalue weighted by molar-refractivity contribution is -0.133. The molecule has 4 aromatic rings. The highest BCUT2D eigenvalue weighted by Gasteiger charge is 2.35. The summed E-state index contributed by atoms with van der Waals surface area (Å²) in [5.41, 5.74) is 0.100. The Morgan fingerprint density at radius 1 is 0.884 bits per heavy atom. The number of likely N-dealkylation sites (N-methyl/N-ethyl adjacent to an activating group) is 1. The first-order valence-electron chi connectivity index (χ1n) is 13.7. The average Bonchev–Trinajstić information content (AvgIpc) is 3.02. The monoisotopic (exact) mass is 590 g/mol. The van der Waals surface area contributed by atoms with E-state index >= 15 is 0 Å². The number of nitrogens with zero attached hydrogens (tertiary/aromatic N) is 2. The molecule has 0 unspecified atom stereocenters. The molecule has 5 rings (SSSR count). The Labute approximate surface area is 248 Å². The number of methoxy groups -OCH3 is 3. The van der Waals surface area contributed by atoms with Crippen molar-refractivity contribution >= 4 is 16.9 Å². The number of ether oxygens (including phenoxy) is 3. The highest BCUT2D eigenvalue weighted by atomic mass is 16.5. The zero-order valence-electron chi connectivity index (χ0n) is 24.4. The van der Waals surface area contributed by atoms with Gasteiger partial charge in [-0.2, -0.15) is 0 Å². The lowest BCUT2D eigenvalue weighted by Crippen LogP contribution is -2.47. The molecule has 0 bridgehead atoms. The van der Waals surface area contributed by atoms with Gasteiger partial charge in [0.2, 0.25) is 17.4 Å². The molecule has 1 amide bonds. The normalized spacial score (nSPS) is 14.5. The topological polar surface area (TPSA) is 142 Å². The number of piperazine rings is 1. The van der Waals surface area contributed by atoms with Crippen LogP contribution in [-0.2, 0) is 4.79 Å². The van der Waals surface area contributed by atoms with E-state index in [4.69, 9.17) is 18.6 Å². The maximum atomic E-state index is 13.8. The minimum atomic E-state index is -1.02. The van der Waals surface area contributed by atoms with E-state index in [1.165, 1.54) is 27.4 Å². The van der Waals surface area contributed by atoms with Crippen molar-refractivity contribution in [2.45, 2.75) is 12.3 Å². The van der Waals surface area contributed by atoms with Crippen LogP contribution in [0.15, 0.2) is 57.7 Å². The number of phenolic OH excluding ortho intramolecular Hbond substituents is 3. The van der Waals surface area contributed by atoms with E-state index in [1.54, 1.807) is 41.3 Å². The Balaban J connectivity index is 1.81. The maximum absolute atomic E-state index is 13.8. The average molecular weight is 591 g/mol. The fourth-order valence-corrected chi connectivity index (χ4v) is 5.57. The first kappa shape index (κ1) is 29.6. The van der Waals surface area contributed by atoms with Gasteiger partial charge >= 0.3 is 0 Å². The van der Waals surface area contributed by atoms with E-state index in [0.29, 0.717) is 43.1 Å². The fourth-order valence-electron chi connectivity index (χ4n) is 5.57. The predicted molar refractivity (Wildman–Crippen MR) is 160 cm³/mol. The molecule has 11 nitrogen and oxygen atoms in total. The maximum Gasteiger partial charge on any atom is 0.223 e. The van der Waals surface area contributed by atoms with Gasteiger partial charge in [0.25, 0.3) is 0 Å². The Morgan fingerprint density at radius 3 is 2.19 bits per heavy atom. The minimum Gasteiger partial charge on any atom is -0.504 e.